The molecule has 0 radical (unpaired) electrons. The number of rotatable bonds is 5. The van der Waals surface area contributed by atoms with E-state index < -0.39 is 0 Å². The van der Waals surface area contributed by atoms with Crippen molar-refractivity contribution in [2.75, 3.05) is 13.1 Å². The lowest BCUT2D eigenvalue weighted by Gasteiger charge is -2.24. The molecule has 2 rings (SSSR count). The van der Waals surface area contributed by atoms with E-state index in [0.29, 0.717) is 24.9 Å². The van der Waals surface area contributed by atoms with Crippen molar-refractivity contribution in [3.8, 4) is 0 Å². The maximum absolute atomic E-state index is 12.3. The van der Waals surface area contributed by atoms with Crippen molar-refractivity contribution < 1.29 is 9.59 Å². The monoisotopic (exact) mass is 280 g/mol. The Bertz CT molecular complexity index is 348. The molecule has 1 aliphatic carbocycles. The molecule has 0 spiro atoms. The summed E-state index contributed by atoms with van der Waals surface area (Å²) in [5.74, 6) is 0.709. The van der Waals surface area contributed by atoms with Crippen LogP contribution in [0.2, 0.25) is 0 Å². The second-order valence-corrected chi connectivity index (χ2v) is 6.77. The lowest BCUT2D eigenvalue weighted by molar-refractivity contribution is -0.129. The Morgan fingerprint density at radius 2 is 2.00 bits per heavy atom. The zero-order valence-corrected chi connectivity index (χ0v) is 12.9. The van der Waals surface area contributed by atoms with Crippen molar-refractivity contribution in [1.82, 2.24) is 10.2 Å². The molecule has 1 atom stereocenters. The topological polar surface area (TPSA) is 49.4 Å². The van der Waals surface area contributed by atoms with Crippen LogP contribution in [0.5, 0.6) is 0 Å². The van der Waals surface area contributed by atoms with Crippen LogP contribution in [0, 0.1) is 11.8 Å². The van der Waals surface area contributed by atoms with Gasteiger partial charge in [-0.1, -0.05) is 33.1 Å². The highest BCUT2D eigenvalue weighted by Gasteiger charge is 2.34. The molecule has 1 aliphatic heterocycles. The first-order valence-electron chi connectivity index (χ1n) is 8.14. The quantitative estimate of drug-likeness (QED) is 0.840. The summed E-state index contributed by atoms with van der Waals surface area (Å²) in [5.41, 5.74) is 0. The molecule has 2 fully saturated rings. The number of likely N-dealkylation sites (tertiary alicyclic amines) is 1. The molecule has 1 saturated heterocycles. The first-order valence-corrected chi connectivity index (χ1v) is 8.14. The minimum atomic E-state index is -0.128. The zero-order chi connectivity index (χ0) is 14.5. The van der Waals surface area contributed by atoms with Gasteiger partial charge in [-0.25, -0.2) is 0 Å². The Labute approximate surface area is 122 Å². The molecular formula is C16H28N2O2. The van der Waals surface area contributed by atoms with Crippen molar-refractivity contribution in [1.29, 1.82) is 0 Å². The number of amides is 2. The van der Waals surface area contributed by atoms with Gasteiger partial charge >= 0.3 is 0 Å². The van der Waals surface area contributed by atoms with Gasteiger partial charge in [0.2, 0.25) is 11.8 Å². The van der Waals surface area contributed by atoms with Gasteiger partial charge in [-0.2, -0.15) is 0 Å². The van der Waals surface area contributed by atoms with E-state index in [1.165, 1.54) is 19.3 Å². The summed E-state index contributed by atoms with van der Waals surface area (Å²) in [6.07, 6.45) is 7.34. The van der Waals surface area contributed by atoms with Crippen molar-refractivity contribution in [2.24, 2.45) is 11.8 Å². The third-order valence-corrected chi connectivity index (χ3v) is 4.51. The normalized spacial score (nSPS) is 24.4. The summed E-state index contributed by atoms with van der Waals surface area (Å²) in [6.45, 7) is 5.73. The van der Waals surface area contributed by atoms with Crippen LogP contribution in [0.4, 0.5) is 0 Å². The molecule has 1 N–H and O–H groups in total. The molecule has 0 bridgehead atoms. The second-order valence-electron chi connectivity index (χ2n) is 6.77. The predicted octanol–water partition coefficient (Wildman–Crippen LogP) is 2.33. The number of carbonyl (C=O) groups is 2. The molecule has 1 heterocycles. The highest BCUT2D eigenvalue weighted by Crippen LogP contribution is 2.22. The molecule has 114 valence electrons. The molecule has 4 nitrogen and oxygen atoms in total. The first kappa shape index (κ1) is 15.3. The van der Waals surface area contributed by atoms with Gasteiger partial charge in [0.15, 0.2) is 0 Å². The Hall–Kier alpha value is -1.06. The number of carbonyl (C=O) groups excluding carboxylic acids is 2. The van der Waals surface area contributed by atoms with E-state index in [0.717, 1.165) is 25.8 Å². The second kappa shape index (κ2) is 7.09. The highest BCUT2D eigenvalue weighted by atomic mass is 16.2. The maximum Gasteiger partial charge on any atom is 0.225 e. The summed E-state index contributed by atoms with van der Waals surface area (Å²) in [6, 6.07) is 0.344. The highest BCUT2D eigenvalue weighted by molar-refractivity contribution is 5.89. The van der Waals surface area contributed by atoms with Crippen LogP contribution in [0.1, 0.15) is 58.8 Å². The van der Waals surface area contributed by atoms with Gasteiger partial charge in [-0.3, -0.25) is 9.59 Å². The lowest BCUT2D eigenvalue weighted by atomic mass is 9.95. The van der Waals surface area contributed by atoms with E-state index in [1.54, 1.807) is 0 Å². The summed E-state index contributed by atoms with van der Waals surface area (Å²) in [4.78, 5) is 26.1. The van der Waals surface area contributed by atoms with Gasteiger partial charge in [0.25, 0.3) is 0 Å². The van der Waals surface area contributed by atoms with E-state index >= 15 is 0 Å². The van der Waals surface area contributed by atoms with Crippen molar-refractivity contribution in [2.45, 2.75) is 64.8 Å². The Morgan fingerprint density at radius 1 is 1.30 bits per heavy atom. The van der Waals surface area contributed by atoms with Gasteiger partial charge < -0.3 is 10.2 Å². The van der Waals surface area contributed by atoms with Gasteiger partial charge in [-0.05, 0) is 25.2 Å². The van der Waals surface area contributed by atoms with Gasteiger partial charge in [0.05, 0.1) is 5.92 Å². The third kappa shape index (κ3) is 4.22. The predicted molar refractivity (Wildman–Crippen MR) is 79.2 cm³/mol. The Balaban J connectivity index is 1.78. The molecule has 0 aromatic rings. The standard InChI is InChI=1S/C16H28N2O2/c1-12(2)8-9-18-11-13(10-15(18)19)16(20)17-14-6-4-3-5-7-14/h12-14H,3-11H2,1-2H3,(H,17,20)/t13-/m1/s1. The molecular weight excluding hydrogens is 252 g/mol. The number of hydrogen-bond donors (Lipinski definition) is 1. The minimum absolute atomic E-state index is 0.0947. The van der Waals surface area contributed by atoms with E-state index in [4.69, 9.17) is 0 Å². The molecule has 0 aromatic heterocycles. The summed E-state index contributed by atoms with van der Waals surface area (Å²) in [5, 5.41) is 3.15. The van der Waals surface area contributed by atoms with Gasteiger partial charge in [0, 0.05) is 25.6 Å². The van der Waals surface area contributed by atoms with Crippen LogP contribution in [0.15, 0.2) is 0 Å². The van der Waals surface area contributed by atoms with E-state index in [9.17, 15) is 9.59 Å². The van der Waals surface area contributed by atoms with Crippen LogP contribution in [-0.2, 0) is 9.59 Å². The SMILES string of the molecule is CC(C)CCN1C[C@H](C(=O)NC2CCCCC2)CC1=O. The minimum Gasteiger partial charge on any atom is -0.353 e. The molecule has 0 aromatic carbocycles. The van der Waals surface area contributed by atoms with E-state index in [1.807, 2.05) is 4.90 Å². The van der Waals surface area contributed by atoms with Crippen LogP contribution < -0.4 is 5.32 Å². The molecule has 2 aliphatic rings. The average Bonchev–Trinajstić information content (AvgIpc) is 2.79. The van der Waals surface area contributed by atoms with Gasteiger partial charge in [0.1, 0.15) is 0 Å². The number of nitrogens with zero attached hydrogens (tertiary/aromatic N) is 1. The lowest BCUT2D eigenvalue weighted by Crippen LogP contribution is -2.40. The third-order valence-electron chi connectivity index (χ3n) is 4.51. The fourth-order valence-electron chi connectivity index (χ4n) is 3.14. The zero-order valence-electron chi connectivity index (χ0n) is 12.9. The molecule has 4 heteroatoms. The Kier molecular flexibility index (Phi) is 5.44. The Morgan fingerprint density at radius 3 is 2.65 bits per heavy atom. The van der Waals surface area contributed by atoms with Crippen LogP contribution >= 0.6 is 0 Å². The van der Waals surface area contributed by atoms with Gasteiger partial charge in [-0.15, -0.1) is 0 Å². The van der Waals surface area contributed by atoms with Crippen molar-refractivity contribution in [3.05, 3.63) is 0 Å². The van der Waals surface area contributed by atoms with E-state index in [-0.39, 0.29) is 17.7 Å². The summed E-state index contributed by atoms with van der Waals surface area (Å²) < 4.78 is 0. The van der Waals surface area contributed by atoms with Crippen molar-refractivity contribution in [3.63, 3.8) is 0 Å². The number of nitrogens with one attached hydrogen (secondary N) is 1. The van der Waals surface area contributed by atoms with Crippen LogP contribution in [0.25, 0.3) is 0 Å². The smallest absolute Gasteiger partial charge is 0.225 e. The fraction of sp³-hybridized carbons (Fsp3) is 0.875. The molecule has 0 unspecified atom stereocenters. The largest absolute Gasteiger partial charge is 0.353 e. The fourth-order valence-corrected chi connectivity index (χ4v) is 3.14. The summed E-state index contributed by atoms with van der Waals surface area (Å²) in [7, 11) is 0. The maximum atomic E-state index is 12.3. The summed E-state index contributed by atoms with van der Waals surface area (Å²) >= 11 is 0. The van der Waals surface area contributed by atoms with Crippen LogP contribution in [-0.4, -0.2) is 35.8 Å². The molecule has 1 saturated carbocycles. The van der Waals surface area contributed by atoms with Crippen LogP contribution in [0.3, 0.4) is 0 Å². The van der Waals surface area contributed by atoms with E-state index in [2.05, 4.69) is 19.2 Å². The molecule has 2 amide bonds. The van der Waals surface area contributed by atoms with Crippen molar-refractivity contribution >= 4 is 11.8 Å². The number of hydrogen-bond acceptors (Lipinski definition) is 2. The average molecular weight is 280 g/mol. The first-order chi connectivity index (χ1) is 9.56. The molecule has 20 heavy (non-hydrogen) atoms.